The van der Waals surface area contributed by atoms with E-state index in [2.05, 4.69) is 26.8 Å². The number of benzene rings is 1. The summed E-state index contributed by atoms with van der Waals surface area (Å²) in [5.74, 6) is 2.27. The van der Waals surface area contributed by atoms with Crippen molar-refractivity contribution in [3.05, 3.63) is 35.7 Å². The standard InChI is InChI=1S/C22H26N6O2/c1-12-4-7-17(29)13(2)20(12)30-22-19-16(24-11-25-21(19)23)8-18(26-22)28-9-14-5-6-15(10-28)27(14)3/h4,7-8,11,14-15,29H,5-6,9-10H2,1-3H3,(H2,23,24,25). The van der Waals surface area contributed by atoms with Gasteiger partial charge in [0.25, 0.3) is 0 Å². The van der Waals surface area contributed by atoms with Gasteiger partial charge in [-0.1, -0.05) is 6.07 Å². The monoisotopic (exact) mass is 406 g/mol. The van der Waals surface area contributed by atoms with E-state index in [0.717, 1.165) is 24.5 Å². The van der Waals surface area contributed by atoms with E-state index in [1.165, 1.54) is 19.2 Å². The first-order chi connectivity index (χ1) is 14.4. The van der Waals surface area contributed by atoms with Crippen LogP contribution in [0.25, 0.3) is 10.9 Å². The Bertz CT molecular complexity index is 1120. The van der Waals surface area contributed by atoms with E-state index < -0.39 is 0 Å². The molecule has 8 nitrogen and oxygen atoms in total. The first-order valence-electron chi connectivity index (χ1n) is 10.3. The lowest BCUT2D eigenvalue weighted by Crippen LogP contribution is -2.52. The molecule has 2 aliphatic heterocycles. The number of anilines is 2. The summed E-state index contributed by atoms with van der Waals surface area (Å²) in [7, 11) is 2.21. The molecule has 30 heavy (non-hydrogen) atoms. The minimum atomic E-state index is 0.177. The van der Waals surface area contributed by atoms with Crippen LogP contribution in [0.5, 0.6) is 17.4 Å². The smallest absolute Gasteiger partial charge is 0.234 e. The van der Waals surface area contributed by atoms with Gasteiger partial charge in [-0.05, 0) is 45.4 Å². The molecule has 0 spiro atoms. The van der Waals surface area contributed by atoms with Gasteiger partial charge in [-0.3, -0.25) is 4.90 Å². The van der Waals surface area contributed by atoms with Crippen LogP contribution < -0.4 is 15.4 Å². The van der Waals surface area contributed by atoms with Crippen LogP contribution in [-0.2, 0) is 0 Å². The number of hydrogen-bond donors (Lipinski definition) is 2. The van der Waals surface area contributed by atoms with Crippen molar-refractivity contribution in [2.45, 2.75) is 38.8 Å². The number of nitrogens with zero attached hydrogens (tertiary/aromatic N) is 5. The molecule has 3 aromatic rings. The number of hydrogen-bond acceptors (Lipinski definition) is 8. The van der Waals surface area contributed by atoms with Gasteiger partial charge in [0.1, 0.15) is 34.8 Å². The van der Waals surface area contributed by atoms with Gasteiger partial charge in [0, 0.05) is 36.8 Å². The van der Waals surface area contributed by atoms with Crippen molar-refractivity contribution in [3.63, 3.8) is 0 Å². The summed E-state index contributed by atoms with van der Waals surface area (Å²) in [5.41, 5.74) is 8.43. The normalized spacial score (nSPS) is 21.4. The van der Waals surface area contributed by atoms with Crippen LogP contribution in [0.3, 0.4) is 0 Å². The van der Waals surface area contributed by atoms with Gasteiger partial charge in [0.15, 0.2) is 0 Å². The molecule has 2 aliphatic rings. The summed E-state index contributed by atoms with van der Waals surface area (Å²) in [6.07, 6.45) is 3.89. The fourth-order valence-electron chi connectivity index (χ4n) is 4.66. The fourth-order valence-corrected chi connectivity index (χ4v) is 4.66. The van der Waals surface area contributed by atoms with Crippen LogP contribution in [0.1, 0.15) is 24.0 Å². The topological polar surface area (TPSA) is 101 Å². The molecule has 4 heterocycles. The predicted molar refractivity (Wildman–Crippen MR) is 116 cm³/mol. The Morgan fingerprint density at radius 3 is 2.60 bits per heavy atom. The summed E-state index contributed by atoms with van der Waals surface area (Å²) in [5, 5.41) is 10.7. The van der Waals surface area contributed by atoms with Crippen LogP contribution in [0.4, 0.5) is 11.6 Å². The van der Waals surface area contributed by atoms with E-state index in [1.807, 2.05) is 26.0 Å². The van der Waals surface area contributed by atoms with Crippen LogP contribution in [-0.4, -0.2) is 57.2 Å². The molecular weight excluding hydrogens is 380 g/mol. The second-order valence-electron chi connectivity index (χ2n) is 8.35. The average molecular weight is 406 g/mol. The number of aromatic hydroxyl groups is 1. The Hall–Kier alpha value is -3.13. The van der Waals surface area contributed by atoms with Crippen LogP contribution >= 0.6 is 0 Å². The first-order valence-corrected chi connectivity index (χ1v) is 10.3. The summed E-state index contributed by atoms with van der Waals surface area (Å²) in [4.78, 5) is 18.2. The van der Waals surface area contributed by atoms with Crippen molar-refractivity contribution in [2.24, 2.45) is 0 Å². The Balaban J connectivity index is 1.61. The number of fused-ring (bicyclic) bond motifs is 3. The highest BCUT2D eigenvalue weighted by Crippen LogP contribution is 2.39. The van der Waals surface area contributed by atoms with Gasteiger partial charge in [0.2, 0.25) is 5.88 Å². The number of rotatable bonds is 3. The van der Waals surface area contributed by atoms with Gasteiger partial charge < -0.3 is 20.5 Å². The fraction of sp³-hybridized carbons (Fsp3) is 0.409. The van der Waals surface area contributed by atoms with Crippen LogP contribution in [0.15, 0.2) is 24.5 Å². The van der Waals surface area contributed by atoms with E-state index >= 15 is 0 Å². The largest absolute Gasteiger partial charge is 0.508 e. The number of pyridine rings is 1. The highest BCUT2D eigenvalue weighted by atomic mass is 16.5. The second-order valence-corrected chi connectivity index (χ2v) is 8.35. The Kier molecular flexibility index (Phi) is 4.39. The van der Waals surface area contributed by atoms with E-state index in [-0.39, 0.29) is 5.75 Å². The van der Waals surface area contributed by atoms with Crippen molar-refractivity contribution in [3.8, 4) is 17.4 Å². The molecule has 0 radical (unpaired) electrons. The van der Waals surface area contributed by atoms with Gasteiger partial charge in [-0.2, -0.15) is 4.98 Å². The molecule has 2 fully saturated rings. The number of likely N-dealkylation sites (N-methyl/N-ethyl adjacent to an activating group) is 1. The number of nitrogen functional groups attached to an aromatic ring is 1. The molecule has 0 saturated carbocycles. The SMILES string of the molecule is Cc1ccc(O)c(C)c1Oc1nc(N2CC3CCC(C2)N3C)cc2ncnc(N)c12. The highest BCUT2D eigenvalue weighted by Gasteiger charge is 2.38. The molecule has 3 N–H and O–H groups in total. The third-order valence-corrected chi connectivity index (χ3v) is 6.55. The van der Waals surface area contributed by atoms with Gasteiger partial charge >= 0.3 is 0 Å². The quantitative estimate of drug-likeness (QED) is 0.685. The van der Waals surface area contributed by atoms with Crippen LogP contribution in [0, 0.1) is 13.8 Å². The lowest BCUT2D eigenvalue weighted by Gasteiger charge is -2.39. The number of phenols is 1. The third-order valence-electron chi connectivity index (χ3n) is 6.55. The second kappa shape index (κ2) is 6.98. The lowest BCUT2D eigenvalue weighted by atomic mass is 10.1. The molecule has 0 amide bonds. The number of ether oxygens (including phenoxy) is 1. The third kappa shape index (κ3) is 2.99. The van der Waals surface area contributed by atoms with Gasteiger partial charge in [0.05, 0.1) is 5.52 Å². The zero-order valence-corrected chi connectivity index (χ0v) is 17.5. The maximum atomic E-state index is 10.2. The maximum Gasteiger partial charge on any atom is 0.234 e. The molecule has 156 valence electrons. The average Bonchev–Trinajstić information content (AvgIpc) is 2.93. The zero-order chi connectivity index (χ0) is 21.0. The molecule has 2 saturated heterocycles. The first kappa shape index (κ1) is 18.9. The van der Waals surface area contributed by atoms with Crippen LogP contribution in [0.2, 0.25) is 0 Å². The summed E-state index contributed by atoms with van der Waals surface area (Å²) in [6, 6.07) is 6.53. The molecule has 1 aromatic carbocycles. The molecule has 8 heteroatoms. The van der Waals surface area contributed by atoms with Crippen molar-refractivity contribution in [2.75, 3.05) is 30.8 Å². The number of phenolic OH excluding ortho intramolecular Hbond substituents is 1. The number of aryl methyl sites for hydroxylation is 1. The van der Waals surface area contributed by atoms with E-state index in [1.54, 1.807) is 6.07 Å². The lowest BCUT2D eigenvalue weighted by molar-refractivity contribution is 0.212. The summed E-state index contributed by atoms with van der Waals surface area (Å²) >= 11 is 0. The highest BCUT2D eigenvalue weighted by molar-refractivity contribution is 5.94. The molecule has 2 unspecified atom stereocenters. The van der Waals surface area contributed by atoms with Gasteiger partial charge in [-0.25, -0.2) is 9.97 Å². The van der Waals surface area contributed by atoms with Crippen molar-refractivity contribution in [1.29, 1.82) is 0 Å². The number of aromatic nitrogens is 3. The van der Waals surface area contributed by atoms with E-state index in [9.17, 15) is 5.11 Å². The zero-order valence-electron chi connectivity index (χ0n) is 17.5. The summed E-state index contributed by atoms with van der Waals surface area (Å²) < 4.78 is 6.27. The minimum Gasteiger partial charge on any atom is -0.508 e. The van der Waals surface area contributed by atoms with E-state index in [0.29, 0.717) is 46.0 Å². The van der Waals surface area contributed by atoms with Crippen molar-refractivity contribution < 1.29 is 9.84 Å². The summed E-state index contributed by atoms with van der Waals surface area (Å²) in [6.45, 7) is 5.61. The maximum absolute atomic E-state index is 10.2. The Labute approximate surface area is 175 Å². The molecule has 2 atom stereocenters. The molecule has 5 rings (SSSR count). The van der Waals surface area contributed by atoms with Gasteiger partial charge in [-0.15, -0.1) is 0 Å². The van der Waals surface area contributed by atoms with E-state index in [4.69, 9.17) is 15.5 Å². The molecule has 2 bridgehead atoms. The van der Waals surface area contributed by atoms with Crippen molar-refractivity contribution in [1.82, 2.24) is 19.9 Å². The number of nitrogens with two attached hydrogens (primary N) is 1. The molecule has 2 aromatic heterocycles. The molecular formula is C22H26N6O2. The van der Waals surface area contributed by atoms with Crippen molar-refractivity contribution >= 4 is 22.5 Å². The Morgan fingerprint density at radius 1 is 1.13 bits per heavy atom. The predicted octanol–water partition coefficient (Wildman–Crippen LogP) is 3.00. The molecule has 0 aliphatic carbocycles. The minimum absolute atomic E-state index is 0.177. The Morgan fingerprint density at radius 2 is 1.87 bits per heavy atom. The number of piperazine rings is 1.